The maximum atomic E-state index is 10.2. The van der Waals surface area contributed by atoms with Crippen molar-refractivity contribution in [3.63, 3.8) is 0 Å². The molecule has 0 saturated carbocycles. The first-order valence-corrected chi connectivity index (χ1v) is 3.20. The molecular weight excluding hydrogens is 130 g/mol. The smallest absolute Gasteiger partial charge is 0.304 e. The molecule has 3 heteroatoms. The first-order chi connectivity index (χ1) is 4.70. The van der Waals surface area contributed by atoms with Crippen LogP contribution >= 0.6 is 0 Å². The fourth-order valence-corrected chi connectivity index (χ4v) is 0.715. The van der Waals surface area contributed by atoms with E-state index in [9.17, 15) is 4.79 Å². The minimum absolute atomic E-state index is 0.0231. The molecule has 0 aliphatic heterocycles. The van der Waals surface area contributed by atoms with Gasteiger partial charge in [-0.3, -0.25) is 4.79 Å². The number of hydrogen-bond donors (Lipinski definition) is 2. The molecule has 0 aromatic rings. The van der Waals surface area contributed by atoms with Crippen LogP contribution in [0.2, 0.25) is 0 Å². The summed E-state index contributed by atoms with van der Waals surface area (Å²) in [4.78, 5) is 10.2. The highest BCUT2D eigenvalue weighted by molar-refractivity contribution is 5.67. The molecule has 58 valence electrons. The van der Waals surface area contributed by atoms with Crippen molar-refractivity contribution in [2.75, 3.05) is 7.05 Å². The van der Waals surface area contributed by atoms with E-state index in [0.29, 0.717) is 6.42 Å². The molecule has 0 aromatic heterocycles. The van der Waals surface area contributed by atoms with E-state index in [2.05, 4.69) is 11.9 Å². The number of carboxylic acids is 1. The van der Waals surface area contributed by atoms with Gasteiger partial charge < -0.3 is 10.4 Å². The van der Waals surface area contributed by atoms with Crippen LogP contribution in [0.5, 0.6) is 0 Å². The number of rotatable bonds is 5. The first-order valence-electron chi connectivity index (χ1n) is 3.20. The Morgan fingerprint density at radius 2 is 2.50 bits per heavy atom. The fraction of sp³-hybridized carbons (Fsp3) is 0.571. The van der Waals surface area contributed by atoms with E-state index < -0.39 is 5.97 Å². The SMILES string of the molecule is C=CC[C@@H](CC(=O)O)NC. The molecule has 0 bridgehead atoms. The van der Waals surface area contributed by atoms with Gasteiger partial charge in [0.25, 0.3) is 0 Å². The van der Waals surface area contributed by atoms with Crippen molar-refractivity contribution in [3.8, 4) is 0 Å². The zero-order valence-corrected chi connectivity index (χ0v) is 6.13. The second kappa shape index (κ2) is 4.99. The Labute approximate surface area is 60.7 Å². The average Bonchev–Trinajstić information content (AvgIpc) is 1.86. The van der Waals surface area contributed by atoms with Crippen molar-refractivity contribution < 1.29 is 9.90 Å². The van der Waals surface area contributed by atoms with Gasteiger partial charge in [-0.05, 0) is 13.5 Å². The Hall–Kier alpha value is -0.830. The maximum Gasteiger partial charge on any atom is 0.304 e. The molecule has 3 nitrogen and oxygen atoms in total. The summed E-state index contributed by atoms with van der Waals surface area (Å²) in [5, 5.41) is 11.2. The van der Waals surface area contributed by atoms with Gasteiger partial charge in [-0.2, -0.15) is 0 Å². The van der Waals surface area contributed by atoms with Gasteiger partial charge in [0.1, 0.15) is 0 Å². The highest BCUT2D eigenvalue weighted by Gasteiger charge is 2.07. The van der Waals surface area contributed by atoms with E-state index >= 15 is 0 Å². The third-order valence-electron chi connectivity index (χ3n) is 1.28. The number of aliphatic carboxylic acids is 1. The van der Waals surface area contributed by atoms with Gasteiger partial charge in [-0.15, -0.1) is 6.58 Å². The third kappa shape index (κ3) is 4.09. The summed E-state index contributed by atoms with van der Waals surface area (Å²) in [5.74, 6) is -0.777. The lowest BCUT2D eigenvalue weighted by Gasteiger charge is -2.09. The monoisotopic (exact) mass is 143 g/mol. The van der Waals surface area contributed by atoms with Crippen LogP contribution in [0.4, 0.5) is 0 Å². The maximum absolute atomic E-state index is 10.2. The van der Waals surface area contributed by atoms with Gasteiger partial charge in [0, 0.05) is 6.04 Å². The molecule has 0 aromatic carbocycles. The molecule has 0 amide bonds. The lowest BCUT2D eigenvalue weighted by molar-refractivity contribution is -0.137. The van der Waals surface area contributed by atoms with Gasteiger partial charge in [0.15, 0.2) is 0 Å². The Morgan fingerprint density at radius 3 is 2.80 bits per heavy atom. The Kier molecular flexibility index (Phi) is 4.58. The molecule has 0 rings (SSSR count). The van der Waals surface area contributed by atoms with Gasteiger partial charge >= 0.3 is 5.97 Å². The van der Waals surface area contributed by atoms with Crippen molar-refractivity contribution in [2.24, 2.45) is 0 Å². The molecule has 0 aliphatic rings. The van der Waals surface area contributed by atoms with Gasteiger partial charge in [0.2, 0.25) is 0 Å². The second-order valence-electron chi connectivity index (χ2n) is 2.11. The van der Waals surface area contributed by atoms with Gasteiger partial charge in [-0.25, -0.2) is 0 Å². The number of carbonyl (C=O) groups is 1. The highest BCUT2D eigenvalue weighted by Crippen LogP contribution is 1.96. The molecule has 0 heterocycles. The quantitative estimate of drug-likeness (QED) is 0.555. The summed E-state index contributed by atoms with van der Waals surface area (Å²) < 4.78 is 0. The largest absolute Gasteiger partial charge is 0.481 e. The van der Waals surface area contributed by atoms with Crippen molar-refractivity contribution in [1.29, 1.82) is 0 Å². The minimum Gasteiger partial charge on any atom is -0.481 e. The molecule has 0 unspecified atom stereocenters. The van der Waals surface area contributed by atoms with Crippen LogP contribution in [-0.4, -0.2) is 24.2 Å². The van der Waals surface area contributed by atoms with Crippen LogP contribution < -0.4 is 5.32 Å². The summed E-state index contributed by atoms with van der Waals surface area (Å²) in [5.41, 5.74) is 0. The van der Waals surface area contributed by atoms with E-state index in [1.54, 1.807) is 13.1 Å². The third-order valence-corrected chi connectivity index (χ3v) is 1.28. The van der Waals surface area contributed by atoms with Crippen molar-refractivity contribution >= 4 is 5.97 Å². The summed E-state index contributed by atoms with van der Waals surface area (Å²) in [6.45, 7) is 3.52. The Balaban J connectivity index is 3.59. The van der Waals surface area contributed by atoms with Crippen molar-refractivity contribution in [3.05, 3.63) is 12.7 Å². The van der Waals surface area contributed by atoms with E-state index in [1.807, 2.05) is 0 Å². The molecule has 0 aliphatic carbocycles. The summed E-state index contributed by atoms with van der Waals surface area (Å²) in [6, 6.07) is 0.0231. The minimum atomic E-state index is -0.777. The molecule has 2 N–H and O–H groups in total. The van der Waals surface area contributed by atoms with E-state index in [4.69, 9.17) is 5.11 Å². The summed E-state index contributed by atoms with van der Waals surface area (Å²) >= 11 is 0. The zero-order chi connectivity index (χ0) is 7.98. The molecule has 10 heavy (non-hydrogen) atoms. The Bertz CT molecular complexity index is 123. The predicted molar refractivity (Wildman–Crippen MR) is 39.9 cm³/mol. The lowest BCUT2D eigenvalue weighted by Crippen LogP contribution is -2.27. The Morgan fingerprint density at radius 1 is 1.90 bits per heavy atom. The zero-order valence-electron chi connectivity index (χ0n) is 6.13. The van der Waals surface area contributed by atoms with E-state index in [1.165, 1.54) is 0 Å². The second-order valence-corrected chi connectivity index (χ2v) is 2.11. The topological polar surface area (TPSA) is 49.3 Å². The predicted octanol–water partition coefficient (Wildman–Crippen LogP) is 0.625. The van der Waals surface area contributed by atoms with Crippen molar-refractivity contribution in [2.45, 2.75) is 18.9 Å². The van der Waals surface area contributed by atoms with E-state index in [0.717, 1.165) is 0 Å². The van der Waals surface area contributed by atoms with Gasteiger partial charge in [-0.1, -0.05) is 6.08 Å². The van der Waals surface area contributed by atoms with Crippen LogP contribution in [-0.2, 0) is 4.79 Å². The van der Waals surface area contributed by atoms with Crippen LogP contribution in [0.3, 0.4) is 0 Å². The molecule has 0 fully saturated rings. The van der Waals surface area contributed by atoms with Crippen molar-refractivity contribution in [1.82, 2.24) is 5.32 Å². The first kappa shape index (κ1) is 9.17. The molecule has 1 atom stereocenters. The molecule has 0 spiro atoms. The summed E-state index contributed by atoms with van der Waals surface area (Å²) in [6.07, 6.45) is 2.56. The molecule has 0 saturated heterocycles. The molecule has 0 radical (unpaired) electrons. The normalized spacial score (nSPS) is 12.5. The van der Waals surface area contributed by atoms with Crippen LogP contribution in [0.15, 0.2) is 12.7 Å². The standard InChI is InChI=1S/C7H13NO2/c1-3-4-6(8-2)5-7(9)10/h3,6,8H,1,4-5H2,2H3,(H,9,10)/t6-/m0/s1. The van der Waals surface area contributed by atoms with E-state index in [-0.39, 0.29) is 12.5 Å². The van der Waals surface area contributed by atoms with Gasteiger partial charge in [0.05, 0.1) is 6.42 Å². The summed E-state index contributed by atoms with van der Waals surface area (Å²) in [7, 11) is 1.75. The van der Waals surface area contributed by atoms with Crippen LogP contribution in [0.25, 0.3) is 0 Å². The van der Waals surface area contributed by atoms with Crippen LogP contribution in [0.1, 0.15) is 12.8 Å². The number of hydrogen-bond acceptors (Lipinski definition) is 2. The number of nitrogens with one attached hydrogen (secondary N) is 1. The average molecular weight is 143 g/mol. The fourth-order valence-electron chi connectivity index (χ4n) is 0.715. The molecular formula is C7H13NO2. The number of carboxylic acid groups (broad SMARTS) is 1. The highest BCUT2D eigenvalue weighted by atomic mass is 16.4. The lowest BCUT2D eigenvalue weighted by atomic mass is 10.1. The van der Waals surface area contributed by atoms with Crippen LogP contribution in [0, 0.1) is 0 Å².